The fourth-order valence-electron chi connectivity index (χ4n) is 2.85. The van der Waals surface area contributed by atoms with Crippen LogP contribution in [0.25, 0.3) is 6.08 Å². The molecule has 0 atom stereocenters. The Morgan fingerprint density at radius 3 is 2.55 bits per heavy atom. The van der Waals surface area contributed by atoms with Crippen molar-refractivity contribution in [1.29, 1.82) is 0 Å². The Bertz CT molecular complexity index is 608. The van der Waals surface area contributed by atoms with Gasteiger partial charge in [0.25, 0.3) is 0 Å². The molecule has 0 aromatic heterocycles. The molecule has 4 nitrogen and oxygen atoms in total. The SMILES string of the molecule is CC(C)Oc1ccc(/C=C2/N=C(C3CCCC3)OC2=O)cc1. The normalized spacial score (nSPS) is 20.6. The highest BCUT2D eigenvalue weighted by molar-refractivity contribution is 6.07. The van der Waals surface area contributed by atoms with Crippen LogP contribution in [0.1, 0.15) is 45.1 Å². The Balaban J connectivity index is 1.74. The number of rotatable bonds is 4. The highest BCUT2D eigenvalue weighted by Crippen LogP contribution is 2.30. The third-order valence-electron chi connectivity index (χ3n) is 3.90. The lowest BCUT2D eigenvalue weighted by Gasteiger charge is -2.09. The van der Waals surface area contributed by atoms with Gasteiger partial charge in [0.1, 0.15) is 5.75 Å². The molecule has 1 aromatic rings. The van der Waals surface area contributed by atoms with Gasteiger partial charge in [-0.1, -0.05) is 25.0 Å². The van der Waals surface area contributed by atoms with Crippen molar-refractivity contribution in [3.8, 4) is 5.75 Å². The molecule has 3 rings (SSSR count). The number of hydrogen-bond donors (Lipinski definition) is 0. The molecule has 1 aromatic carbocycles. The van der Waals surface area contributed by atoms with Crippen LogP contribution in [0.15, 0.2) is 35.0 Å². The van der Waals surface area contributed by atoms with Crippen molar-refractivity contribution in [3.05, 3.63) is 35.5 Å². The summed E-state index contributed by atoms with van der Waals surface area (Å²) in [7, 11) is 0. The number of cyclic esters (lactones) is 1. The molecule has 0 N–H and O–H groups in total. The van der Waals surface area contributed by atoms with Gasteiger partial charge in [-0.3, -0.25) is 0 Å². The number of ether oxygens (including phenoxy) is 2. The zero-order valence-corrected chi connectivity index (χ0v) is 13.0. The molecule has 0 amide bonds. The lowest BCUT2D eigenvalue weighted by atomic mass is 10.1. The highest BCUT2D eigenvalue weighted by atomic mass is 16.6. The smallest absolute Gasteiger partial charge is 0.363 e. The Kier molecular flexibility index (Phi) is 4.27. The van der Waals surface area contributed by atoms with Gasteiger partial charge < -0.3 is 9.47 Å². The first-order chi connectivity index (χ1) is 10.6. The molecule has 0 bridgehead atoms. The van der Waals surface area contributed by atoms with Crippen LogP contribution < -0.4 is 4.74 Å². The van der Waals surface area contributed by atoms with Gasteiger partial charge in [0.05, 0.1) is 6.10 Å². The quantitative estimate of drug-likeness (QED) is 0.624. The zero-order chi connectivity index (χ0) is 15.5. The Morgan fingerprint density at radius 1 is 1.23 bits per heavy atom. The summed E-state index contributed by atoms with van der Waals surface area (Å²) in [6.45, 7) is 3.98. The van der Waals surface area contributed by atoms with E-state index in [1.807, 2.05) is 38.1 Å². The van der Waals surface area contributed by atoms with Gasteiger partial charge in [-0.2, -0.15) is 0 Å². The van der Waals surface area contributed by atoms with Crippen molar-refractivity contribution >= 4 is 17.9 Å². The zero-order valence-electron chi connectivity index (χ0n) is 13.0. The molecule has 0 radical (unpaired) electrons. The van der Waals surface area contributed by atoms with Crippen LogP contribution in [0.4, 0.5) is 0 Å². The molecule has 0 unspecified atom stereocenters. The topological polar surface area (TPSA) is 47.9 Å². The third kappa shape index (κ3) is 3.38. The maximum atomic E-state index is 11.9. The minimum atomic E-state index is -0.343. The van der Waals surface area contributed by atoms with Crippen LogP contribution in [0.2, 0.25) is 0 Å². The summed E-state index contributed by atoms with van der Waals surface area (Å²) >= 11 is 0. The molecule has 22 heavy (non-hydrogen) atoms. The van der Waals surface area contributed by atoms with E-state index in [9.17, 15) is 4.79 Å². The molecule has 116 valence electrons. The predicted octanol–water partition coefficient (Wildman–Crippen LogP) is 3.96. The molecule has 1 aliphatic carbocycles. The molecule has 0 saturated heterocycles. The number of carbonyl (C=O) groups is 1. The lowest BCUT2D eigenvalue weighted by Crippen LogP contribution is -2.12. The molecule has 0 spiro atoms. The first kappa shape index (κ1) is 14.8. The number of benzene rings is 1. The molecule has 1 fully saturated rings. The van der Waals surface area contributed by atoms with E-state index in [2.05, 4.69) is 4.99 Å². The van der Waals surface area contributed by atoms with Crippen molar-refractivity contribution in [2.45, 2.75) is 45.6 Å². The van der Waals surface area contributed by atoms with Gasteiger partial charge >= 0.3 is 5.97 Å². The van der Waals surface area contributed by atoms with Gasteiger partial charge in [-0.05, 0) is 50.5 Å². The van der Waals surface area contributed by atoms with Crippen molar-refractivity contribution in [3.63, 3.8) is 0 Å². The van der Waals surface area contributed by atoms with Crippen LogP contribution in [0, 0.1) is 5.92 Å². The summed E-state index contributed by atoms with van der Waals surface area (Å²) in [5.74, 6) is 1.40. The third-order valence-corrected chi connectivity index (χ3v) is 3.90. The molecular formula is C18H21NO3. The van der Waals surface area contributed by atoms with E-state index in [0.29, 0.717) is 17.5 Å². The van der Waals surface area contributed by atoms with E-state index < -0.39 is 0 Å². The molecule has 4 heteroatoms. The minimum absolute atomic E-state index is 0.146. The monoisotopic (exact) mass is 299 g/mol. The number of carbonyl (C=O) groups excluding carboxylic acids is 1. The molecular weight excluding hydrogens is 278 g/mol. The van der Waals surface area contributed by atoms with Gasteiger partial charge in [-0.15, -0.1) is 0 Å². The fourth-order valence-corrected chi connectivity index (χ4v) is 2.85. The number of hydrogen-bond acceptors (Lipinski definition) is 4. The maximum absolute atomic E-state index is 11.9. The van der Waals surface area contributed by atoms with Gasteiger partial charge in [0.15, 0.2) is 5.70 Å². The summed E-state index contributed by atoms with van der Waals surface area (Å²) in [5, 5.41) is 0. The first-order valence-electron chi connectivity index (χ1n) is 7.91. The van der Waals surface area contributed by atoms with Crippen molar-refractivity contribution in [1.82, 2.24) is 0 Å². The standard InChI is InChI=1S/C18H21NO3/c1-12(2)21-15-9-7-13(8-10-15)11-16-18(20)22-17(19-16)14-5-3-4-6-14/h7-12,14H,3-6H2,1-2H3/b16-11+. The summed E-state index contributed by atoms with van der Waals surface area (Å²) in [4.78, 5) is 16.3. The highest BCUT2D eigenvalue weighted by Gasteiger charge is 2.30. The van der Waals surface area contributed by atoms with Gasteiger partial charge in [-0.25, -0.2) is 9.79 Å². The molecule has 1 saturated carbocycles. The second-order valence-corrected chi connectivity index (χ2v) is 6.09. The van der Waals surface area contributed by atoms with Gasteiger partial charge in [0.2, 0.25) is 5.90 Å². The second kappa shape index (κ2) is 6.34. The van der Waals surface area contributed by atoms with Crippen molar-refractivity contribution < 1.29 is 14.3 Å². The van der Waals surface area contributed by atoms with Crippen LogP contribution in [-0.2, 0) is 9.53 Å². The molecule has 1 heterocycles. The number of aliphatic imine (C=N–C) groups is 1. The van der Waals surface area contributed by atoms with Crippen LogP contribution >= 0.6 is 0 Å². The summed E-state index contributed by atoms with van der Waals surface area (Å²) < 4.78 is 10.9. The van der Waals surface area contributed by atoms with Crippen LogP contribution in [0.3, 0.4) is 0 Å². The van der Waals surface area contributed by atoms with E-state index in [0.717, 1.165) is 24.2 Å². The predicted molar refractivity (Wildman–Crippen MR) is 85.7 cm³/mol. The molecule has 1 aliphatic heterocycles. The fraction of sp³-hybridized carbons (Fsp3) is 0.444. The first-order valence-corrected chi connectivity index (χ1v) is 7.91. The number of esters is 1. The van der Waals surface area contributed by atoms with Crippen LogP contribution in [-0.4, -0.2) is 18.0 Å². The Morgan fingerprint density at radius 2 is 1.91 bits per heavy atom. The second-order valence-electron chi connectivity index (χ2n) is 6.09. The van der Waals surface area contributed by atoms with E-state index in [1.165, 1.54) is 12.8 Å². The van der Waals surface area contributed by atoms with E-state index in [1.54, 1.807) is 6.08 Å². The lowest BCUT2D eigenvalue weighted by molar-refractivity contribution is -0.130. The van der Waals surface area contributed by atoms with E-state index >= 15 is 0 Å². The summed E-state index contributed by atoms with van der Waals surface area (Å²) in [6.07, 6.45) is 6.44. The Labute approximate surface area is 130 Å². The largest absolute Gasteiger partial charge is 0.491 e. The average molecular weight is 299 g/mol. The van der Waals surface area contributed by atoms with E-state index in [4.69, 9.17) is 9.47 Å². The van der Waals surface area contributed by atoms with Crippen molar-refractivity contribution in [2.24, 2.45) is 10.9 Å². The number of nitrogens with zero attached hydrogens (tertiary/aromatic N) is 1. The van der Waals surface area contributed by atoms with Crippen LogP contribution in [0.5, 0.6) is 5.75 Å². The minimum Gasteiger partial charge on any atom is -0.491 e. The average Bonchev–Trinajstić information content (AvgIpc) is 3.11. The van der Waals surface area contributed by atoms with E-state index in [-0.39, 0.29) is 12.1 Å². The Hall–Kier alpha value is -2.10. The van der Waals surface area contributed by atoms with Crippen molar-refractivity contribution in [2.75, 3.05) is 0 Å². The maximum Gasteiger partial charge on any atom is 0.363 e. The van der Waals surface area contributed by atoms with Gasteiger partial charge in [0, 0.05) is 5.92 Å². The molecule has 2 aliphatic rings. The summed E-state index contributed by atoms with van der Waals surface area (Å²) in [6, 6.07) is 7.63. The summed E-state index contributed by atoms with van der Waals surface area (Å²) in [5.41, 5.74) is 1.30.